The molecule has 114 valence electrons. The van der Waals surface area contributed by atoms with Crippen LogP contribution in [0, 0.1) is 5.82 Å². The first kappa shape index (κ1) is 16.4. The van der Waals surface area contributed by atoms with E-state index in [1.807, 2.05) is 0 Å². The van der Waals surface area contributed by atoms with Gasteiger partial charge in [0.15, 0.2) is 0 Å². The minimum absolute atomic E-state index is 0.0375. The van der Waals surface area contributed by atoms with Gasteiger partial charge in [0.25, 0.3) is 5.91 Å². The standard InChI is InChI=1S/C13H14FNO6/c14-7-3-1-5-9(16)11(7)12(19)15-8(13(20)21)4-2-6-10(17)18/h1,3,5,8,16H,2,4,6H2,(H,15,19)(H,17,18)(H,20,21)/t8-/m1/s1. The molecule has 1 atom stereocenters. The van der Waals surface area contributed by atoms with E-state index >= 15 is 0 Å². The normalized spacial score (nSPS) is 11.7. The van der Waals surface area contributed by atoms with E-state index in [2.05, 4.69) is 5.32 Å². The van der Waals surface area contributed by atoms with Crippen molar-refractivity contribution < 1.29 is 34.1 Å². The third kappa shape index (κ3) is 4.75. The van der Waals surface area contributed by atoms with E-state index in [-0.39, 0.29) is 19.3 Å². The summed E-state index contributed by atoms with van der Waals surface area (Å²) in [6.45, 7) is 0. The van der Waals surface area contributed by atoms with Crippen molar-refractivity contribution in [3.8, 4) is 5.75 Å². The van der Waals surface area contributed by atoms with Gasteiger partial charge < -0.3 is 20.6 Å². The molecule has 0 spiro atoms. The number of nitrogens with one attached hydrogen (secondary N) is 1. The van der Waals surface area contributed by atoms with Crippen LogP contribution in [0.4, 0.5) is 4.39 Å². The average molecular weight is 299 g/mol. The lowest BCUT2D eigenvalue weighted by molar-refractivity contribution is -0.140. The van der Waals surface area contributed by atoms with Gasteiger partial charge in [-0.1, -0.05) is 6.07 Å². The fraction of sp³-hybridized carbons (Fsp3) is 0.308. The lowest BCUT2D eigenvalue weighted by Gasteiger charge is -2.14. The van der Waals surface area contributed by atoms with Gasteiger partial charge in [0.05, 0.1) is 0 Å². The number of phenols is 1. The monoisotopic (exact) mass is 299 g/mol. The van der Waals surface area contributed by atoms with Crippen LogP contribution in [0.15, 0.2) is 18.2 Å². The molecule has 7 nitrogen and oxygen atoms in total. The van der Waals surface area contributed by atoms with Crippen LogP contribution < -0.4 is 5.32 Å². The molecule has 0 unspecified atom stereocenters. The number of halogens is 1. The van der Waals surface area contributed by atoms with Gasteiger partial charge >= 0.3 is 11.9 Å². The van der Waals surface area contributed by atoms with Crippen molar-refractivity contribution in [2.24, 2.45) is 0 Å². The first-order chi connectivity index (χ1) is 9.82. The molecule has 1 aromatic rings. The van der Waals surface area contributed by atoms with Gasteiger partial charge in [-0.25, -0.2) is 9.18 Å². The number of carbonyl (C=O) groups is 3. The van der Waals surface area contributed by atoms with Crippen LogP contribution in [-0.2, 0) is 9.59 Å². The van der Waals surface area contributed by atoms with Gasteiger partial charge in [-0.3, -0.25) is 9.59 Å². The molecule has 0 heterocycles. The second-order valence-electron chi connectivity index (χ2n) is 4.28. The second-order valence-corrected chi connectivity index (χ2v) is 4.28. The van der Waals surface area contributed by atoms with Crippen LogP contribution in [-0.4, -0.2) is 39.2 Å². The van der Waals surface area contributed by atoms with Gasteiger partial charge in [-0.2, -0.15) is 0 Å². The van der Waals surface area contributed by atoms with Crippen LogP contribution in [0.2, 0.25) is 0 Å². The van der Waals surface area contributed by atoms with E-state index in [0.29, 0.717) is 0 Å². The molecule has 0 saturated carbocycles. The highest BCUT2D eigenvalue weighted by molar-refractivity contribution is 5.99. The molecule has 0 aliphatic rings. The highest BCUT2D eigenvalue weighted by Crippen LogP contribution is 2.19. The molecule has 8 heteroatoms. The number of aromatic hydroxyl groups is 1. The molecule has 0 fully saturated rings. The number of carbonyl (C=O) groups excluding carboxylic acids is 1. The quantitative estimate of drug-likeness (QED) is 0.594. The van der Waals surface area contributed by atoms with E-state index in [4.69, 9.17) is 10.2 Å². The molecular weight excluding hydrogens is 285 g/mol. The summed E-state index contributed by atoms with van der Waals surface area (Å²) >= 11 is 0. The summed E-state index contributed by atoms with van der Waals surface area (Å²) in [6.07, 6.45) is -0.330. The summed E-state index contributed by atoms with van der Waals surface area (Å²) in [5.41, 5.74) is -0.651. The number of carboxylic acid groups (broad SMARTS) is 2. The van der Waals surface area contributed by atoms with Gasteiger partial charge in [0, 0.05) is 6.42 Å². The van der Waals surface area contributed by atoms with E-state index < -0.39 is 41.0 Å². The Hall–Kier alpha value is -2.64. The number of rotatable bonds is 7. The van der Waals surface area contributed by atoms with E-state index in [9.17, 15) is 23.9 Å². The molecule has 0 bridgehead atoms. The van der Waals surface area contributed by atoms with Crippen LogP contribution in [0.25, 0.3) is 0 Å². The number of carboxylic acids is 2. The SMILES string of the molecule is O=C(O)CCC[C@@H](NC(=O)c1c(O)cccc1F)C(=O)O. The summed E-state index contributed by atoms with van der Waals surface area (Å²) in [5.74, 6) is -5.13. The van der Waals surface area contributed by atoms with Gasteiger partial charge in [-0.15, -0.1) is 0 Å². The Labute approximate surface area is 119 Å². The third-order valence-electron chi connectivity index (χ3n) is 2.71. The van der Waals surface area contributed by atoms with Crippen molar-refractivity contribution >= 4 is 17.8 Å². The maximum Gasteiger partial charge on any atom is 0.326 e. The lowest BCUT2D eigenvalue weighted by atomic mass is 10.1. The maximum atomic E-state index is 13.5. The predicted molar refractivity (Wildman–Crippen MR) is 68.4 cm³/mol. The Morgan fingerprint density at radius 2 is 1.90 bits per heavy atom. The highest BCUT2D eigenvalue weighted by atomic mass is 19.1. The zero-order valence-electron chi connectivity index (χ0n) is 10.9. The summed E-state index contributed by atoms with van der Waals surface area (Å²) in [5, 5.41) is 28.9. The summed E-state index contributed by atoms with van der Waals surface area (Å²) in [6, 6.07) is 1.88. The second kappa shape index (κ2) is 7.22. The number of hydrogen-bond donors (Lipinski definition) is 4. The van der Waals surface area contributed by atoms with Crippen molar-refractivity contribution in [2.45, 2.75) is 25.3 Å². The van der Waals surface area contributed by atoms with Gasteiger partial charge in [0.1, 0.15) is 23.2 Å². The van der Waals surface area contributed by atoms with E-state index in [1.54, 1.807) is 0 Å². The Morgan fingerprint density at radius 1 is 1.24 bits per heavy atom. The van der Waals surface area contributed by atoms with Crippen LogP contribution in [0.3, 0.4) is 0 Å². The smallest absolute Gasteiger partial charge is 0.326 e. The minimum Gasteiger partial charge on any atom is -0.507 e. The number of benzene rings is 1. The van der Waals surface area contributed by atoms with Crippen molar-refractivity contribution in [1.29, 1.82) is 0 Å². The largest absolute Gasteiger partial charge is 0.507 e. The summed E-state index contributed by atoms with van der Waals surface area (Å²) in [7, 11) is 0. The molecule has 1 aromatic carbocycles. The Morgan fingerprint density at radius 3 is 2.43 bits per heavy atom. The first-order valence-electron chi connectivity index (χ1n) is 6.06. The average Bonchev–Trinajstić information content (AvgIpc) is 2.36. The number of aliphatic carboxylic acids is 2. The molecule has 1 rings (SSSR count). The Balaban J connectivity index is 2.77. The minimum atomic E-state index is -1.37. The molecular formula is C13H14FNO6. The molecule has 21 heavy (non-hydrogen) atoms. The summed E-state index contributed by atoms with van der Waals surface area (Å²) < 4.78 is 13.5. The topological polar surface area (TPSA) is 124 Å². The zero-order chi connectivity index (χ0) is 16.0. The van der Waals surface area contributed by atoms with Crippen LogP contribution in [0.5, 0.6) is 5.75 Å². The fourth-order valence-corrected chi connectivity index (χ4v) is 1.68. The predicted octanol–water partition coefficient (Wildman–Crippen LogP) is 0.969. The van der Waals surface area contributed by atoms with Crippen molar-refractivity contribution in [2.75, 3.05) is 0 Å². The molecule has 0 radical (unpaired) electrons. The lowest BCUT2D eigenvalue weighted by Crippen LogP contribution is -2.41. The van der Waals surface area contributed by atoms with Crippen LogP contribution in [0.1, 0.15) is 29.6 Å². The molecule has 0 aliphatic heterocycles. The molecule has 0 aromatic heterocycles. The molecule has 4 N–H and O–H groups in total. The third-order valence-corrected chi connectivity index (χ3v) is 2.71. The van der Waals surface area contributed by atoms with Crippen molar-refractivity contribution in [1.82, 2.24) is 5.32 Å². The highest BCUT2D eigenvalue weighted by Gasteiger charge is 2.24. The molecule has 0 aliphatic carbocycles. The van der Waals surface area contributed by atoms with Crippen molar-refractivity contribution in [3.63, 3.8) is 0 Å². The first-order valence-corrected chi connectivity index (χ1v) is 6.06. The number of amides is 1. The van der Waals surface area contributed by atoms with Crippen LogP contribution >= 0.6 is 0 Å². The van der Waals surface area contributed by atoms with E-state index in [0.717, 1.165) is 12.1 Å². The zero-order valence-corrected chi connectivity index (χ0v) is 10.9. The maximum absolute atomic E-state index is 13.5. The van der Waals surface area contributed by atoms with E-state index in [1.165, 1.54) is 6.07 Å². The van der Waals surface area contributed by atoms with Gasteiger partial charge in [-0.05, 0) is 25.0 Å². The summed E-state index contributed by atoms with van der Waals surface area (Å²) in [4.78, 5) is 33.2. The Kier molecular flexibility index (Phi) is 5.65. The molecule has 1 amide bonds. The van der Waals surface area contributed by atoms with Crippen molar-refractivity contribution in [3.05, 3.63) is 29.6 Å². The number of phenolic OH excluding ortho intramolecular Hbond substituents is 1. The fourth-order valence-electron chi connectivity index (χ4n) is 1.68. The Bertz CT molecular complexity index is 539. The molecule has 0 saturated heterocycles. The number of hydrogen-bond acceptors (Lipinski definition) is 4. The van der Waals surface area contributed by atoms with Gasteiger partial charge in [0.2, 0.25) is 0 Å².